The zero-order valence-electron chi connectivity index (χ0n) is 47.8. The van der Waals surface area contributed by atoms with E-state index >= 15 is 0 Å². The smallest absolute Gasteiger partial charge is 0.0623 e. The van der Waals surface area contributed by atoms with Crippen LogP contribution in [0.5, 0.6) is 0 Å². The minimum absolute atomic E-state index is 0.382. The second-order valence-corrected chi connectivity index (χ2v) is 27.9. The molecule has 14 aromatic carbocycles. The fourth-order valence-corrected chi connectivity index (χ4v) is 21.3. The van der Waals surface area contributed by atoms with E-state index < -0.39 is 8.07 Å². The van der Waals surface area contributed by atoms with Gasteiger partial charge in [0.05, 0.1) is 10.8 Å². The van der Waals surface area contributed by atoms with Crippen molar-refractivity contribution in [3.8, 4) is 89.0 Å². The van der Waals surface area contributed by atoms with Gasteiger partial charge in [0.25, 0.3) is 0 Å². The van der Waals surface area contributed by atoms with Gasteiger partial charge in [0, 0.05) is 0 Å². The molecule has 0 saturated heterocycles. The van der Waals surface area contributed by atoms with E-state index in [1.54, 1.807) is 0 Å². The van der Waals surface area contributed by atoms with Crippen molar-refractivity contribution in [2.24, 2.45) is 0 Å². The molecule has 404 valence electrons. The number of hydrogen-bond donors (Lipinski definition) is 0. The molecule has 14 aromatic rings. The average molecular weight is 1120 g/mol. The van der Waals surface area contributed by atoms with Crippen LogP contribution in [-0.4, -0.2) is 8.07 Å². The van der Waals surface area contributed by atoms with Crippen molar-refractivity contribution in [1.82, 2.24) is 0 Å². The van der Waals surface area contributed by atoms with E-state index in [9.17, 15) is 0 Å². The minimum atomic E-state index is -2.96. The van der Waals surface area contributed by atoms with Gasteiger partial charge in [-0.3, -0.25) is 0 Å². The van der Waals surface area contributed by atoms with Crippen molar-refractivity contribution < 1.29 is 0 Å². The number of rotatable bonds is 8. The first kappa shape index (κ1) is 49.7. The molecule has 2 spiro atoms. The van der Waals surface area contributed by atoms with E-state index in [0.29, 0.717) is 0 Å². The van der Waals surface area contributed by atoms with E-state index in [-0.39, 0.29) is 10.8 Å². The first-order valence-electron chi connectivity index (χ1n) is 30.5. The van der Waals surface area contributed by atoms with E-state index in [1.165, 1.54) is 154 Å². The Morgan fingerprint density at radius 1 is 0.149 bits per heavy atom. The standard InChI is InChI=1S/C86H56Si/c1-3-23-65(24-4-1)87(66-25-5-2-6-26-66,67-27-19-21-61(53-67)57-41-45-59(46-42-57)63-49-51-75-73-33-11-17-39-81(73)85(83(75)55-63)77-35-13-7-29-69(77)70-30-8-14-36-78(70)85)68-28-20-22-62(54-68)58-43-47-60(48-44-58)64-50-52-76-74-34-12-18-40-82(74)86(84(76)56-64)79-37-15-9-31-71(79)72-32-10-16-38-80(72)86/h1-56H. The third kappa shape index (κ3) is 6.95. The second kappa shape index (κ2) is 19.2. The molecule has 0 nitrogen and oxygen atoms in total. The van der Waals surface area contributed by atoms with E-state index in [0.717, 1.165) is 0 Å². The summed E-state index contributed by atoms with van der Waals surface area (Å²) in [5, 5.41) is 5.39. The van der Waals surface area contributed by atoms with Gasteiger partial charge in [-0.05, 0) is 166 Å². The highest BCUT2D eigenvalue weighted by molar-refractivity contribution is 7.20. The molecule has 0 aromatic heterocycles. The van der Waals surface area contributed by atoms with Crippen LogP contribution < -0.4 is 20.7 Å². The molecule has 1 heteroatoms. The van der Waals surface area contributed by atoms with E-state index in [4.69, 9.17) is 0 Å². The fraction of sp³-hybridized carbons (Fsp3) is 0.0233. The predicted molar refractivity (Wildman–Crippen MR) is 364 cm³/mol. The summed E-state index contributed by atoms with van der Waals surface area (Å²) in [4.78, 5) is 0. The van der Waals surface area contributed by atoms with Crippen molar-refractivity contribution in [3.63, 3.8) is 0 Å². The van der Waals surface area contributed by atoms with Crippen LogP contribution in [0.2, 0.25) is 0 Å². The molecule has 4 aliphatic rings. The normalized spacial score (nSPS) is 13.7. The highest BCUT2D eigenvalue weighted by atomic mass is 28.3. The Bertz CT molecular complexity index is 4640. The Hall–Kier alpha value is -10.7. The van der Waals surface area contributed by atoms with Crippen molar-refractivity contribution >= 4 is 28.8 Å². The molecule has 0 bridgehead atoms. The molecular formula is C86H56Si. The fourth-order valence-electron chi connectivity index (χ4n) is 16.5. The van der Waals surface area contributed by atoms with Crippen molar-refractivity contribution in [1.29, 1.82) is 0 Å². The monoisotopic (exact) mass is 1120 g/mol. The molecule has 0 unspecified atom stereocenters. The van der Waals surface area contributed by atoms with Crippen molar-refractivity contribution in [2.75, 3.05) is 0 Å². The maximum Gasteiger partial charge on any atom is 0.179 e. The van der Waals surface area contributed by atoms with Gasteiger partial charge in [0.2, 0.25) is 0 Å². The Morgan fingerprint density at radius 3 is 0.678 bits per heavy atom. The van der Waals surface area contributed by atoms with E-state index in [2.05, 4.69) is 340 Å². The molecule has 0 fully saturated rings. The lowest BCUT2D eigenvalue weighted by Crippen LogP contribution is -2.74. The molecule has 87 heavy (non-hydrogen) atoms. The predicted octanol–water partition coefficient (Wildman–Crippen LogP) is 18.4. The highest BCUT2D eigenvalue weighted by Crippen LogP contribution is 2.65. The third-order valence-electron chi connectivity index (χ3n) is 20.1. The van der Waals surface area contributed by atoms with Crippen LogP contribution in [0.15, 0.2) is 340 Å². The van der Waals surface area contributed by atoms with Crippen LogP contribution in [0.1, 0.15) is 44.5 Å². The maximum absolute atomic E-state index is 2.96. The zero-order valence-corrected chi connectivity index (χ0v) is 48.8. The largest absolute Gasteiger partial charge is 0.179 e. The van der Waals surface area contributed by atoms with Gasteiger partial charge in [-0.25, -0.2) is 0 Å². The summed E-state index contributed by atoms with van der Waals surface area (Å²) in [5.41, 5.74) is 30.4. The van der Waals surface area contributed by atoms with Crippen LogP contribution in [-0.2, 0) is 10.8 Å². The molecule has 0 saturated carbocycles. The van der Waals surface area contributed by atoms with Gasteiger partial charge >= 0.3 is 0 Å². The van der Waals surface area contributed by atoms with E-state index in [1.807, 2.05) is 0 Å². The second-order valence-electron chi connectivity index (χ2n) is 24.1. The van der Waals surface area contributed by atoms with Crippen LogP contribution in [0.3, 0.4) is 0 Å². The summed E-state index contributed by atoms with van der Waals surface area (Å²) >= 11 is 0. The van der Waals surface area contributed by atoms with Gasteiger partial charge in [0.1, 0.15) is 0 Å². The van der Waals surface area contributed by atoms with Gasteiger partial charge < -0.3 is 0 Å². The van der Waals surface area contributed by atoms with Gasteiger partial charge in [-0.15, -0.1) is 0 Å². The third-order valence-corrected chi connectivity index (χ3v) is 24.9. The lowest BCUT2D eigenvalue weighted by molar-refractivity contribution is 0.794. The molecular weight excluding hydrogens is 1060 g/mol. The van der Waals surface area contributed by atoms with Gasteiger partial charge in [-0.2, -0.15) is 0 Å². The number of benzene rings is 14. The molecule has 18 rings (SSSR count). The minimum Gasteiger partial charge on any atom is -0.0623 e. The lowest BCUT2D eigenvalue weighted by Gasteiger charge is -2.35. The van der Waals surface area contributed by atoms with Gasteiger partial charge in [0.15, 0.2) is 8.07 Å². The summed E-state index contributed by atoms with van der Waals surface area (Å²) in [6.07, 6.45) is 0. The Kier molecular flexibility index (Phi) is 10.9. The quantitative estimate of drug-likeness (QED) is 0.105. The first-order valence-corrected chi connectivity index (χ1v) is 32.5. The van der Waals surface area contributed by atoms with Crippen LogP contribution >= 0.6 is 0 Å². The Morgan fingerprint density at radius 2 is 0.379 bits per heavy atom. The molecule has 0 N–H and O–H groups in total. The average Bonchev–Trinajstić information content (AvgIpc) is 1.56. The van der Waals surface area contributed by atoms with Crippen LogP contribution in [0, 0.1) is 0 Å². The highest BCUT2D eigenvalue weighted by Gasteiger charge is 2.53. The molecule has 0 atom stereocenters. The summed E-state index contributed by atoms with van der Waals surface area (Å²) in [6, 6.07) is 129. The maximum atomic E-state index is 2.50. The van der Waals surface area contributed by atoms with Gasteiger partial charge in [-0.1, -0.05) is 328 Å². The van der Waals surface area contributed by atoms with Crippen LogP contribution in [0.4, 0.5) is 0 Å². The summed E-state index contributed by atoms with van der Waals surface area (Å²) in [7, 11) is -2.96. The Balaban J connectivity index is 0.713. The van der Waals surface area contributed by atoms with Crippen molar-refractivity contribution in [2.45, 2.75) is 10.8 Å². The lowest BCUT2D eigenvalue weighted by atomic mass is 9.70. The molecule has 4 aliphatic carbocycles. The molecule has 0 amide bonds. The Labute approximate surface area is 509 Å². The first-order chi connectivity index (χ1) is 43.1. The molecule has 0 heterocycles. The van der Waals surface area contributed by atoms with Crippen molar-refractivity contribution in [3.05, 3.63) is 384 Å². The number of fused-ring (bicyclic) bond motifs is 20. The number of hydrogen-bond acceptors (Lipinski definition) is 0. The molecule has 0 radical (unpaired) electrons. The SMILES string of the molecule is c1ccc([Si](c2ccccc2)(c2cccc(-c3ccc(-c4ccc5c(c4)C4(c6ccccc6-c6ccccc64)c4ccccc4-5)cc3)c2)c2cccc(-c3ccc(-c4ccc5c(c4)C4(c6ccccc6-c6ccccc64)c4ccccc4-5)cc3)c2)cc1. The van der Waals surface area contributed by atoms with Crippen LogP contribution in [0.25, 0.3) is 89.0 Å². The summed E-state index contributed by atoms with van der Waals surface area (Å²) in [6.45, 7) is 0. The summed E-state index contributed by atoms with van der Waals surface area (Å²) in [5.74, 6) is 0. The summed E-state index contributed by atoms with van der Waals surface area (Å²) < 4.78 is 0. The molecule has 0 aliphatic heterocycles. The topological polar surface area (TPSA) is 0 Å². The zero-order chi connectivity index (χ0) is 57.3.